The van der Waals surface area contributed by atoms with Crippen molar-refractivity contribution in [3.8, 4) is 0 Å². The smallest absolute Gasteiger partial charge is 0.291 e. The fourth-order valence-corrected chi connectivity index (χ4v) is 12.5. The zero-order chi connectivity index (χ0) is 49.3. The van der Waals surface area contributed by atoms with Crippen LogP contribution < -0.4 is 47.8 Å². The van der Waals surface area contributed by atoms with Crippen molar-refractivity contribution in [2.75, 3.05) is 62.4 Å². The molecule has 6 aromatic rings. The molecule has 3 heterocycles. The fourth-order valence-electron chi connectivity index (χ4n) is 8.05. The van der Waals surface area contributed by atoms with Crippen LogP contribution in [-0.2, 0) is 35.5 Å². The lowest BCUT2D eigenvalue weighted by atomic mass is 10.2. The van der Waals surface area contributed by atoms with Crippen LogP contribution in [0.1, 0.15) is 70.1 Å². The summed E-state index contributed by atoms with van der Waals surface area (Å²) >= 11 is 0. The molecular formula is C51H63N11O6P+. The van der Waals surface area contributed by atoms with Gasteiger partial charge in [-0.3, -0.25) is 28.8 Å². The Morgan fingerprint density at radius 1 is 0.522 bits per heavy atom. The third-order valence-corrected chi connectivity index (χ3v) is 16.0. The number of amides is 6. The Hall–Kier alpha value is -7.36. The Balaban J connectivity index is 0.931. The Labute approximate surface area is 403 Å². The van der Waals surface area contributed by atoms with Crippen LogP contribution in [0.2, 0.25) is 0 Å². The highest BCUT2D eigenvalue weighted by Gasteiger charge is 2.44. The van der Waals surface area contributed by atoms with E-state index in [1.807, 2.05) is 37.2 Å². The molecule has 3 aromatic carbocycles. The Morgan fingerprint density at radius 2 is 1.01 bits per heavy atom. The van der Waals surface area contributed by atoms with E-state index in [0.29, 0.717) is 36.5 Å². The number of carbonyl (C=O) groups excluding carboxylic acids is 6. The number of hydrogen-bond donors (Lipinski definition) is 6. The minimum Gasteiger partial charge on any atom is -0.356 e. The second-order valence-electron chi connectivity index (χ2n) is 17.1. The first-order chi connectivity index (χ1) is 33.2. The average Bonchev–Trinajstić information content (AvgIpc) is 4.02. The van der Waals surface area contributed by atoms with Crippen LogP contribution in [-0.4, -0.2) is 105 Å². The van der Waals surface area contributed by atoms with E-state index in [4.69, 9.17) is 0 Å². The normalized spacial score (nSPS) is 11.2. The molecule has 0 aliphatic carbocycles. The highest BCUT2D eigenvalue weighted by molar-refractivity contribution is 7.95. The van der Waals surface area contributed by atoms with Crippen molar-refractivity contribution in [2.45, 2.75) is 38.5 Å². The number of unbranched alkanes of at least 4 members (excludes halogenated alkanes) is 1. The molecule has 0 unspecified atom stereocenters. The van der Waals surface area contributed by atoms with Gasteiger partial charge in [-0.2, -0.15) is 0 Å². The molecule has 0 bridgehead atoms. The van der Waals surface area contributed by atoms with Crippen molar-refractivity contribution in [1.82, 2.24) is 39.5 Å². The molecule has 362 valence electrons. The van der Waals surface area contributed by atoms with Crippen LogP contribution in [0.4, 0.5) is 17.2 Å². The zero-order valence-corrected chi connectivity index (χ0v) is 40.9. The molecule has 3 aromatic heterocycles. The molecule has 6 N–H and O–H groups in total. The van der Waals surface area contributed by atoms with Crippen LogP contribution in [0.25, 0.3) is 0 Å². The summed E-state index contributed by atoms with van der Waals surface area (Å²) in [6.07, 6.45) is 8.46. The maximum Gasteiger partial charge on any atom is 0.291 e. The van der Waals surface area contributed by atoms with Gasteiger partial charge in [-0.1, -0.05) is 54.6 Å². The van der Waals surface area contributed by atoms with Crippen molar-refractivity contribution in [3.63, 3.8) is 0 Å². The van der Waals surface area contributed by atoms with E-state index >= 15 is 0 Å². The van der Waals surface area contributed by atoms with Crippen molar-refractivity contribution >= 4 is 75.8 Å². The van der Waals surface area contributed by atoms with Gasteiger partial charge < -0.3 is 50.5 Å². The molecule has 17 nitrogen and oxygen atoms in total. The quantitative estimate of drug-likeness (QED) is 0.0378. The van der Waals surface area contributed by atoms with Crippen LogP contribution in [0.5, 0.6) is 0 Å². The van der Waals surface area contributed by atoms with E-state index in [1.54, 1.807) is 42.7 Å². The molecule has 0 fully saturated rings. The van der Waals surface area contributed by atoms with Crippen molar-refractivity contribution in [3.05, 3.63) is 139 Å². The summed E-state index contributed by atoms with van der Waals surface area (Å²) in [6.45, 7) is 1.72. The first kappa shape index (κ1) is 51.0. The number of rotatable bonds is 24. The van der Waals surface area contributed by atoms with Gasteiger partial charge in [0.25, 0.3) is 17.7 Å². The van der Waals surface area contributed by atoms with Gasteiger partial charge in [0.2, 0.25) is 23.5 Å². The number of benzene rings is 3. The number of imidazole rings is 1. The van der Waals surface area contributed by atoms with E-state index in [9.17, 15) is 28.8 Å². The van der Waals surface area contributed by atoms with Gasteiger partial charge in [0.05, 0.1) is 17.5 Å². The number of carbonyl (C=O) groups is 6. The number of aryl methyl sites for hydroxylation is 3. The minimum atomic E-state index is -1.98. The van der Waals surface area contributed by atoms with Gasteiger partial charge in [-0.25, -0.2) is 4.98 Å². The summed E-state index contributed by atoms with van der Waals surface area (Å²) in [6, 6.07) is 35.0. The lowest BCUT2D eigenvalue weighted by Gasteiger charge is -2.27. The van der Waals surface area contributed by atoms with Gasteiger partial charge in [-0.15, -0.1) is 0 Å². The number of hydrogen-bond acceptors (Lipinski definition) is 8. The minimum absolute atomic E-state index is 0.0127. The van der Waals surface area contributed by atoms with Crippen molar-refractivity contribution in [2.24, 2.45) is 21.1 Å². The summed E-state index contributed by atoms with van der Waals surface area (Å²) < 4.78 is 4.59. The molecular weight excluding hydrogens is 894 g/mol. The maximum atomic E-state index is 13.3. The number of nitrogens with one attached hydrogen (secondary N) is 6. The molecule has 0 atom stereocenters. The maximum absolute atomic E-state index is 13.3. The second-order valence-corrected chi connectivity index (χ2v) is 20.7. The molecule has 0 spiro atoms. The van der Waals surface area contributed by atoms with E-state index in [-0.39, 0.29) is 61.0 Å². The molecule has 6 rings (SSSR count). The number of aromatic nitrogens is 4. The molecule has 0 saturated heterocycles. The summed E-state index contributed by atoms with van der Waals surface area (Å²) in [5.74, 6) is -1.91. The van der Waals surface area contributed by atoms with Crippen LogP contribution in [0.3, 0.4) is 0 Å². The summed E-state index contributed by atoms with van der Waals surface area (Å²) in [7, 11) is 6.89. The third kappa shape index (κ3) is 14.1. The van der Waals surface area contributed by atoms with Gasteiger partial charge in [0.1, 0.15) is 34.6 Å². The van der Waals surface area contributed by atoms with E-state index in [1.165, 1.54) is 38.8 Å². The number of nitrogens with zero attached hydrogens (tertiary/aromatic N) is 5. The molecule has 0 radical (unpaired) electrons. The van der Waals surface area contributed by atoms with E-state index in [0.717, 1.165) is 25.5 Å². The fraction of sp³-hybridized carbons (Fsp3) is 0.314. The van der Waals surface area contributed by atoms with Gasteiger partial charge in [0, 0.05) is 78.6 Å². The van der Waals surface area contributed by atoms with Gasteiger partial charge in [-0.05, 0) is 88.4 Å². The zero-order valence-electron chi connectivity index (χ0n) is 40.0. The topological polar surface area (TPSA) is 206 Å². The lowest BCUT2D eigenvalue weighted by molar-refractivity contribution is -0.122. The average molecular weight is 957 g/mol. The Kier molecular flexibility index (Phi) is 18.2. The summed E-state index contributed by atoms with van der Waals surface area (Å²) in [4.78, 5) is 83.7. The molecule has 18 heteroatoms. The predicted molar refractivity (Wildman–Crippen MR) is 273 cm³/mol. The summed E-state index contributed by atoms with van der Waals surface area (Å²) in [5, 5.41) is 20.6. The molecule has 0 aliphatic rings. The third-order valence-electron chi connectivity index (χ3n) is 11.5. The number of anilines is 3. The van der Waals surface area contributed by atoms with Gasteiger partial charge >= 0.3 is 0 Å². The van der Waals surface area contributed by atoms with Gasteiger partial charge in [0.15, 0.2) is 5.82 Å². The highest BCUT2D eigenvalue weighted by atomic mass is 31.2. The monoisotopic (exact) mass is 956 g/mol. The van der Waals surface area contributed by atoms with E-state index < -0.39 is 25.0 Å². The Morgan fingerprint density at radius 3 is 1.58 bits per heavy atom. The SMILES string of the molecule is CN(C)CCCNC(=O)CCNC(=O)c1cc(NC(=O)c2cc(NC(=O)c3nc(NC(=O)CCNC(=O)CCCC[P+](c4ccccc4)(c4ccccc4)c4ccccc4)cn3C)cn2C)cn1C. The second kappa shape index (κ2) is 24.6. The lowest BCUT2D eigenvalue weighted by Crippen LogP contribution is -2.33. The van der Waals surface area contributed by atoms with Crippen LogP contribution >= 0.6 is 7.26 Å². The molecule has 0 saturated carbocycles. The van der Waals surface area contributed by atoms with Crippen LogP contribution in [0.15, 0.2) is 122 Å². The van der Waals surface area contributed by atoms with Crippen molar-refractivity contribution < 1.29 is 28.8 Å². The summed E-state index contributed by atoms with van der Waals surface area (Å²) in [5.41, 5.74) is 1.23. The predicted octanol–water partition coefficient (Wildman–Crippen LogP) is 4.40. The van der Waals surface area contributed by atoms with Crippen molar-refractivity contribution in [1.29, 1.82) is 0 Å². The standard InChI is InChI=1S/C51H62N11O6P/c1-59(2)30-17-27-52-46(64)25-29-54-49(66)42-32-37(34-60(42)3)55-50(67)43-33-38(35-61(43)4)56-51(68)48-58-44(36-62(48)5)57-47(65)26-28-53-45(63)24-15-16-31-69(39-18-9-6-10-19-39,40-20-11-7-12-21-40)41-22-13-8-14-23-41/h6-14,18-23,32-36H,15-17,24-31H2,1-5H3,(H5-,52,53,54,55,56,57,63,64,65,66,67,68)/p+1. The first-order valence-corrected chi connectivity index (χ1v) is 25.0. The first-order valence-electron chi connectivity index (χ1n) is 23.0. The van der Waals surface area contributed by atoms with E-state index in [2.05, 4.69) is 110 Å². The van der Waals surface area contributed by atoms with Crippen LogP contribution in [0, 0.1) is 0 Å². The highest BCUT2D eigenvalue weighted by Crippen LogP contribution is 2.56. The molecule has 0 aliphatic heterocycles. The largest absolute Gasteiger partial charge is 0.356 e. The Bertz CT molecular complexity index is 2600. The molecule has 69 heavy (non-hydrogen) atoms. The molecule has 6 amide bonds.